The summed E-state index contributed by atoms with van der Waals surface area (Å²) in [7, 11) is -2.67. The van der Waals surface area contributed by atoms with Crippen LogP contribution >= 0.6 is 0 Å². The summed E-state index contributed by atoms with van der Waals surface area (Å²) in [4.78, 5) is 23.6. The van der Waals surface area contributed by atoms with Crippen LogP contribution in [0, 0.1) is 11.6 Å². The highest BCUT2D eigenvalue weighted by molar-refractivity contribution is 7.89. The topological polar surface area (TPSA) is 119 Å². The first-order chi connectivity index (χ1) is 14.1. The molecule has 2 aromatic rings. The molecular weight excluding hydrogens is 420 g/mol. The van der Waals surface area contributed by atoms with Crippen molar-refractivity contribution >= 4 is 27.5 Å². The van der Waals surface area contributed by atoms with E-state index < -0.39 is 44.7 Å². The predicted octanol–water partition coefficient (Wildman–Crippen LogP) is 2.36. The second kappa shape index (κ2) is 9.18. The molecule has 2 aromatic carbocycles. The minimum atomic E-state index is -3.96. The first kappa shape index (κ1) is 23.2. The Hall–Kier alpha value is -3.05. The lowest BCUT2D eigenvalue weighted by molar-refractivity contribution is 0.0992. The van der Waals surface area contributed by atoms with Crippen LogP contribution in [0.1, 0.15) is 34.6 Å². The molecule has 0 heterocycles. The first-order valence-corrected chi connectivity index (χ1v) is 10.3. The molecule has 0 unspecified atom stereocenters. The molecule has 162 valence electrons. The van der Waals surface area contributed by atoms with Gasteiger partial charge >= 0.3 is 0 Å². The van der Waals surface area contributed by atoms with E-state index >= 15 is 0 Å². The lowest BCUT2D eigenvalue weighted by Gasteiger charge is -2.20. The van der Waals surface area contributed by atoms with E-state index in [9.17, 15) is 26.8 Å². The zero-order chi connectivity index (χ0) is 22.6. The van der Waals surface area contributed by atoms with Crippen LogP contribution in [0.4, 0.5) is 14.5 Å². The number of carbonyl (C=O) groups excluding carboxylic acids is 2. The van der Waals surface area contributed by atoms with E-state index in [1.54, 1.807) is 13.8 Å². The maximum absolute atomic E-state index is 14.0. The summed E-state index contributed by atoms with van der Waals surface area (Å²) in [6, 6.07) is 4.85. The monoisotopic (exact) mass is 441 g/mol. The van der Waals surface area contributed by atoms with Gasteiger partial charge in [0.05, 0.1) is 18.4 Å². The van der Waals surface area contributed by atoms with E-state index in [2.05, 4.69) is 5.32 Å². The fraction of sp³-hybridized carbons (Fsp3) is 0.263. The number of amides is 2. The third-order valence-corrected chi connectivity index (χ3v) is 6.39. The Morgan fingerprint density at radius 2 is 1.73 bits per heavy atom. The molecule has 0 aliphatic carbocycles. The van der Waals surface area contributed by atoms with Crippen LogP contribution in [-0.2, 0) is 10.0 Å². The van der Waals surface area contributed by atoms with Crippen molar-refractivity contribution in [1.29, 1.82) is 0 Å². The summed E-state index contributed by atoms with van der Waals surface area (Å²) in [5, 5.41) is 2.18. The number of benzene rings is 2. The van der Waals surface area contributed by atoms with Gasteiger partial charge in [0.2, 0.25) is 10.0 Å². The molecule has 2 amide bonds. The summed E-state index contributed by atoms with van der Waals surface area (Å²) < 4.78 is 59.7. The van der Waals surface area contributed by atoms with E-state index in [1.807, 2.05) is 0 Å². The molecular formula is C19H21F2N3O5S. The molecule has 0 saturated carbocycles. The van der Waals surface area contributed by atoms with Gasteiger partial charge in [0, 0.05) is 24.7 Å². The van der Waals surface area contributed by atoms with Gasteiger partial charge in [0.15, 0.2) is 0 Å². The highest BCUT2D eigenvalue weighted by Gasteiger charge is 2.27. The van der Waals surface area contributed by atoms with Gasteiger partial charge in [0.25, 0.3) is 11.8 Å². The van der Waals surface area contributed by atoms with E-state index in [0.29, 0.717) is 6.07 Å². The molecule has 0 atom stereocenters. The normalized spacial score (nSPS) is 11.4. The zero-order valence-corrected chi connectivity index (χ0v) is 17.3. The largest absolute Gasteiger partial charge is 0.495 e. The number of hydrogen-bond donors (Lipinski definition) is 2. The molecule has 0 aliphatic heterocycles. The van der Waals surface area contributed by atoms with E-state index in [4.69, 9.17) is 10.5 Å². The molecule has 0 fully saturated rings. The molecule has 11 heteroatoms. The molecule has 0 aromatic heterocycles. The fourth-order valence-corrected chi connectivity index (χ4v) is 4.39. The molecule has 0 spiro atoms. The Morgan fingerprint density at radius 1 is 1.10 bits per heavy atom. The maximum atomic E-state index is 14.0. The predicted molar refractivity (Wildman–Crippen MR) is 106 cm³/mol. The number of methoxy groups -OCH3 is 1. The third kappa shape index (κ3) is 4.57. The number of ether oxygens (including phenoxy) is 1. The summed E-state index contributed by atoms with van der Waals surface area (Å²) in [6.45, 7) is 3.74. The second-order valence-electron chi connectivity index (χ2n) is 6.09. The second-order valence-corrected chi connectivity index (χ2v) is 7.99. The Morgan fingerprint density at radius 3 is 2.27 bits per heavy atom. The number of hydrogen-bond acceptors (Lipinski definition) is 5. The standard InChI is InChI=1S/C19H21F2N3O5S/c1-4-24(5-2)30(27,28)17-8-11(6-7-16(17)29-3)19(26)23-15-9-12(18(22)25)13(20)10-14(15)21/h6-10H,4-5H2,1-3H3,(H2,22,25)(H,23,26). The van der Waals surface area contributed by atoms with Crippen molar-refractivity contribution in [1.82, 2.24) is 4.31 Å². The molecule has 0 aliphatic rings. The van der Waals surface area contributed by atoms with E-state index in [0.717, 1.165) is 12.1 Å². The van der Waals surface area contributed by atoms with Crippen LogP contribution in [0.2, 0.25) is 0 Å². The molecule has 0 radical (unpaired) electrons. The number of rotatable bonds is 8. The lowest BCUT2D eigenvalue weighted by atomic mass is 10.1. The average Bonchev–Trinajstić information content (AvgIpc) is 2.69. The van der Waals surface area contributed by atoms with Crippen LogP contribution in [0.25, 0.3) is 0 Å². The number of primary amides is 1. The van der Waals surface area contributed by atoms with Crippen LogP contribution in [0.5, 0.6) is 5.75 Å². The smallest absolute Gasteiger partial charge is 0.255 e. The Kier molecular flexibility index (Phi) is 7.11. The van der Waals surface area contributed by atoms with Crippen molar-refractivity contribution in [3.63, 3.8) is 0 Å². The number of nitrogens with one attached hydrogen (secondary N) is 1. The van der Waals surface area contributed by atoms with Gasteiger partial charge < -0.3 is 15.8 Å². The van der Waals surface area contributed by atoms with Gasteiger partial charge in [-0.25, -0.2) is 17.2 Å². The van der Waals surface area contributed by atoms with Crippen molar-refractivity contribution in [2.45, 2.75) is 18.7 Å². The number of sulfonamides is 1. The van der Waals surface area contributed by atoms with Gasteiger partial charge in [-0.1, -0.05) is 13.8 Å². The maximum Gasteiger partial charge on any atom is 0.255 e. The molecule has 2 rings (SSSR count). The number of carbonyl (C=O) groups is 2. The number of nitrogens with two attached hydrogens (primary N) is 1. The average molecular weight is 441 g/mol. The molecule has 30 heavy (non-hydrogen) atoms. The van der Waals surface area contributed by atoms with Crippen molar-refractivity contribution in [2.24, 2.45) is 5.73 Å². The zero-order valence-electron chi connectivity index (χ0n) is 16.5. The Labute approximate surface area is 172 Å². The van der Waals surface area contributed by atoms with Crippen molar-refractivity contribution in [2.75, 3.05) is 25.5 Å². The first-order valence-electron chi connectivity index (χ1n) is 8.85. The lowest BCUT2D eigenvalue weighted by Crippen LogP contribution is -2.31. The highest BCUT2D eigenvalue weighted by Crippen LogP contribution is 2.28. The number of anilines is 1. The molecule has 8 nitrogen and oxygen atoms in total. The number of halogens is 2. The van der Waals surface area contributed by atoms with Crippen molar-refractivity contribution in [3.8, 4) is 5.75 Å². The summed E-state index contributed by atoms with van der Waals surface area (Å²) in [5.74, 6) is -4.29. The van der Waals surface area contributed by atoms with Gasteiger partial charge in [-0.15, -0.1) is 0 Å². The molecule has 3 N–H and O–H groups in total. The van der Waals surface area contributed by atoms with Crippen LogP contribution in [0.3, 0.4) is 0 Å². The van der Waals surface area contributed by atoms with Gasteiger partial charge in [-0.3, -0.25) is 9.59 Å². The van der Waals surface area contributed by atoms with Gasteiger partial charge in [0.1, 0.15) is 22.3 Å². The third-order valence-electron chi connectivity index (χ3n) is 4.32. The van der Waals surface area contributed by atoms with Crippen molar-refractivity contribution < 1.29 is 31.5 Å². The minimum Gasteiger partial charge on any atom is -0.495 e. The molecule has 0 bridgehead atoms. The molecule has 0 saturated heterocycles. The number of nitrogens with zero attached hydrogens (tertiary/aromatic N) is 1. The van der Waals surface area contributed by atoms with Gasteiger partial charge in [-0.05, 0) is 24.3 Å². The fourth-order valence-electron chi connectivity index (χ4n) is 2.75. The Bertz CT molecular complexity index is 1090. The summed E-state index contributed by atoms with van der Waals surface area (Å²) in [6.07, 6.45) is 0. The van der Waals surface area contributed by atoms with Crippen molar-refractivity contribution in [3.05, 3.63) is 53.1 Å². The minimum absolute atomic E-state index is 0.0300. The van der Waals surface area contributed by atoms with Gasteiger partial charge in [-0.2, -0.15) is 4.31 Å². The van der Waals surface area contributed by atoms with E-state index in [1.165, 1.54) is 23.5 Å². The highest BCUT2D eigenvalue weighted by atomic mass is 32.2. The summed E-state index contributed by atoms with van der Waals surface area (Å²) >= 11 is 0. The summed E-state index contributed by atoms with van der Waals surface area (Å²) in [5.41, 5.74) is 3.82. The quantitative estimate of drug-likeness (QED) is 0.652. The van der Waals surface area contributed by atoms with Crippen LogP contribution in [0.15, 0.2) is 35.2 Å². The van der Waals surface area contributed by atoms with Crippen LogP contribution < -0.4 is 15.8 Å². The Balaban J connectivity index is 2.48. The van der Waals surface area contributed by atoms with Crippen LogP contribution in [-0.4, -0.2) is 44.7 Å². The SMILES string of the molecule is CCN(CC)S(=O)(=O)c1cc(C(=O)Nc2cc(C(N)=O)c(F)cc2F)ccc1OC. The van der Waals surface area contributed by atoms with E-state index in [-0.39, 0.29) is 29.3 Å².